The molecule has 2 aliphatic heterocycles. The Labute approximate surface area is 203 Å². The number of carbonyl (C=O) groups is 3. The van der Waals surface area contributed by atoms with Crippen LogP contribution in [0.25, 0.3) is 0 Å². The van der Waals surface area contributed by atoms with Gasteiger partial charge in [0.2, 0.25) is 5.78 Å². The summed E-state index contributed by atoms with van der Waals surface area (Å²) in [5.41, 5.74) is -1.02. The number of hydrogen-bond acceptors (Lipinski definition) is 6. The molecule has 0 unspecified atom stereocenters. The molecule has 188 valence electrons. The zero-order chi connectivity index (χ0) is 25.2. The van der Waals surface area contributed by atoms with Gasteiger partial charge in [-0.05, 0) is 65.4 Å². The average Bonchev–Trinajstić information content (AvgIpc) is 2.77. The molecule has 1 saturated heterocycles. The predicted molar refractivity (Wildman–Crippen MR) is 128 cm³/mol. The number of rotatable bonds is 5. The lowest BCUT2D eigenvalue weighted by Crippen LogP contribution is -2.62. The van der Waals surface area contributed by atoms with E-state index in [1.54, 1.807) is 20.8 Å². The highest BCUT2D eigenvalue weighted by Crippen LogP contribution is 2.59. The van der Waals surface area contributed by atoms with E-state index in [-0.39, 0.29) is 58.1 Å². The van der Waals surface area contributed by atoms with Crippen LogP contribution in [0.2, 0.25) is 0 Å². The Morgan fingerprint density at radius 1 is 1.21 bits per heavy atom. The SMILES string of the molecule is CC[C@H](C)C(=O)[C@@H](C)C1=CC(=O)C2=C(O[C@]3(C)CC[C@H]4O[C@@H](C(C)(C)O)CC[C@]4(C)[C@H]3C2)C1=O. The van der Waals surface area contributed by atoms with Crippen LogP contribution in [0, 0.1) is 23.2 Å². The van der Waals surface area contributed by atoms with Crippen LogP contribution in [0.5, 0.6) is 0 Å². The molecule has 6 nitrogen and oxygen atoms in total. The Hall–Kier alpha value is -1.79. The van der Waals surface area contributed by atoms with Crippen LogP contribution in [0.4, 0.5) is 0 Å². The van der Waals surface area contributed by atoms with E-state index in [1.807, 2.05) is 13.8 Å². The number of ether oxygens (including phenoxy) is 2. The molecular weight excluding hydrogens is 432 g/mol. The standard InChI is InChI=1S/C28H40O6/c1-8-15(2)23(30)16(3)17-13-19(29)18-14-20-27(6)11-9-21(26(4,5)32)33-22(27)10-12-28(20,7)34-25(18)24(17)31/h13,15-16,20-22,32H,8-12,14H2,1-7H3/t15-,16-,20+,21+,22+,27+,28+/m0/s1. The van der Waals surface area contributed by atoms with Crippen LogP contribution in [0.1, 0.15) is 87.0 Å². The van der Waals surface area contributed by atoms with E-state index in [2.05, 4.69) is 13.8 Å². The third-order valence-corrected chi connectivity index (χ3v) is 9.29. The molecule has 0 aromatic heterocycles. The Balaban J connectivity index is 1.62. The molecule has 34 heavy (non-hydrogen) atoms. The fourth-order valence-corrected chi connectivity index (χ4v) is 6.72. The summed E-state index contributed by atoms with van der Waals surface area (Å²) in [5.74, 6) is -1.18. The van der Waals surface area contributed by atoms with Crippen LogP contribution in [-0.2, 0) is 23.9 Å². The largest absolute Gasteiger partial charge is 0.483 e. The van der Waals surface area contributed by atoms with Crippen LogP contribution < -0.4 is 0 Å². The van der Waals surface area contributed by atoms with Gasteiger partial charge in [-0.25, -0.2) is 0 Å². The highest BCUT2D eigenvalue weighted by molar-refractivity contribution is 6.23. The monoisotopic (exact) mass is 472 g/mol. The molecule has 2 fully saturated rings. The van der Waals surface area contributed by atoms with Crippen molar-refractivity contribution in [2.75, 3.05) is 0 Å². The van der Waals surface area contributed by atoms with Gasteiger partial charge in [-0.1, -0.05) is 27.7 Å². The van der Waals surface area contributed by atoms with Crippen molar-refractivity contribution in [1.82, 2.24) is 0 Å². The van der Waals surface area contributed by atoms with E-state index in [9.17, 15) is 19.5 Å². The van der Waals surface area contributed by atoms with Gasteiger partial charge in [0.15, 0.2) is 11.5 Å². The van der Waals surface area contributed by atoms with E-state index in [4.69, 9.17) is 9.47 Å². The molecule has 1 N–H and O–H groups in total. The number of Topliss-reactive ketones (excluding diaryl/α,β-unsaturated/α-hetero) is 2. The minimum absolute atomic E-state index is 0.0196. The maximum absolute atomic E-state index is 13.5. The maximum Gasteiger partial charge on any atom is 0.224 e. The van der Waals surface area contributed by atoms with Crippen molar-refractivity contribution >= 4 is 17.3 Å². The van der Waals surface area contributed by atoms with Crippen LogP contribution in [0.15, 0.2) is 23.0 Å². The molecular formula is C28H40O6. The highest BCUT2D eigenvalue weighted by Gasteiger charge is 2.61. The van der Waals surface area contributed by atoms with Gasteiger partial charge in [0, 0.05) is 34.3 Å². The Bertz CT molecular complexity index is 968. The van der Waals surface area contributed by atoms with Gasteiger partial charge in [-0.15, -0.1) is 0 Å². The molecule has 0 amide bonds. The van der Waals surface area contributed by atoms with Crippen molar-refractivity contribution in [2.45, 2.75) is 110 Å². The summed E-state index contributed by atoms with van der Waals surface area (Å²) < 4.78 is 12.9. The first-order chi connectivity index (χ1) is 15.7. The number of ketones is 3. The molecule has 6 heteroatoms. The molecule has 2 heterocycles. The molecule has 0 spiro atoms. The number of aliphatic hydroxyl groups is 1. The smallest absolute Gasteiger partial charge is 0.224 e. The first-order valence-electron chi connectivity index (χ1n) is 12.9. The lowest BCUT2D eigenvalue weighted by molar-refractivity contribution is -0.245. The quantitative estimate of drug-likeness (QED) is 0.593. The van der Waals surface area contributed by atoms with Crippen LogP contribution in [0.3, 0.4) is 0 Å². The Morgan fingerprint density at radius 3 is 2.50 bits per heavy atom. The number of fused-ring (bicyclic) bond motifs is 3. The molecule has 0 aromatic carbocycles. The predicted octanol–water partition coefficient (Wildman–Crippen LogP) is 4.48. The Morgan fingerprint density at radius 2 is 1.88 bits per heavy atom. The van der Waals surface area contributed by atoms with E-state index in [1.165, 1.54) is 6.08 Å². The molecule has 0 radical (unpaired) electrons. The summed E-state index contributed by atoms with van der Waals surface area (Å²) in [5, 5.41) is 10.5. The first kappa shape index (κ1) is 25.3. The van der Waals surface area contributed by atoms with Gasteiger partial charge < -0.3 is 14.6 Å². The first-order valence-corrected chi connectivity index (χ1v) is 12.9. The van der Waals surface area contributed by atoms with Gasteiger partial charge in [0.05, 0.1) is 17.8 Å². The summed E-state index contributed by atoms with van der Waals surface area (Å²) in [4.78, 5) is 39.5. The van der Waals surface area contributed by atoms with Crippen molar-refractivity contribution in [2.24, 2.45) is 23.2 Å². The minimum Gasteiger partial charge on any atom is -0.483 e. The second-order valence-electron chi connectivity index (χ2n) is 12.1. The average molecular weight is 473 g/mol. The minimum atomic E-state index is -0.906. The van der Waals surface area contributed by atoms with Crippen molar-refractivity contribution in [3.8, 4) is 0 Å². The molecule has 4 rings (SSSR count). The molecule has 0 aromatic rings. The zero-order valence-electron chi connectivity index (χ0n) is 21.7. The third kappa shape index (κ3) is 3.91. The number of carbonyl (C=O) groups excluding carboxylic acids is 3. The van der Waals surface area contributed by atoms with Gasteiger partial charge in [-0.3, -0.25) is 14.4 Å². The van der Waals surface area contributed by atoms with Crippen molar-refractivity contribution in [1.29, 1.82) is 0 Å². The summed E-state index contributed by atoms with van der Waals surface area (Å²) >= 11 is 0. The van der Waals surface area contributed by atoms with Crippen molar-refractivity contribution in [3.05, 3.63) is 23.0 Å². The third-order valence-electron chi connectivity index (χ3n) is 9.29. The van der Waals surface area contributed by atoms with Gasteiger partial charge >= 0.3 is 0 Å². The van der Waals surface area contributed by atoms with Gasteiger partial charge in [0.1, 0.15) is 11.4 Å². The van der Waals surface area contributed by atoms with E-state index in [0.29, 0.717) is 24.8 Å². The van der Waals surface area contributed by atoms with Crippen molar-refractivity contribution < 1.29 is 29.0 Å². The van der Waals surface area contributed by atoms with Crippen molar-refractivity contribution in [3.63, 3.8) is 0 Å². The molecule has 7 atom stereocenters. The van der Waals surface area contributed by atoms with E-state index >= 15 is 0 Å². The highest BCUT2D eigenvalue weighted by atomic mass is 16.5. The summed E-state index contributed by atoms with van der Waals surface area (Å²) in [6, 6.07) is 0. The summed E-state index contributed by atoms with van der Waals surface area (Å²) in [6.07, 6.45) is 5.36. The topological polar surface area (TPSA) is 89.9 Å². The molecule has 0 bridgehead atoms. The second kappa shape index (κ2) is 8.41. The summed E-state index contributed by atoms with van der Waals surface area (Å²) in [6.45, 7) is 13.4. The van der Waals surface area contributed by atoms with Gasteiger partial charge in [0.25, 0.3) is 0 Å². The molecule has 4 aliphatic rings. The number of hydrogen-bond donors (Lipinski definition) is 1. The lowest BCUT2D eigenvalue weighted by Gasteiger charge is -2.60. The molecule has 1 saturated carbocycles. The fraction of sp³-hybridized carbons (Fsp3) is 0.750. The second-order valence-corrected chi connectivity index (χ2v) is 12.1. The Kier molecular flexibility index (Phi) is 6.26. The normalized spacial score (nSPS) is 37.6. The van der Waals surface area contributed by atoms with E-state index < -0.39 is 17.1 Å². The lowest BCUT2D eigenvalue weighted by atomic mass is 9.53. The number of allylic oxidation sites excluding steroid dienone is 3. The van der Waals surface area contributed by atoms with E-state index in [0.717, 1.165) is 19.3 Å². The van der Waals surface area contributed by atoms with Gasteiger partial charge in [-0.2, -0.15) is 0 Å². The fourth-order valence-electron chi connectivity index (χ4n) is 6.72. The van der Waals surface area contributed by atoms with Crippen LogP contribution >= 0.6 is 0 Å². The van der Waals surface area contributed by atoms with Crippen LogP contribution in [-0.4, -0.2) is 45.9 Å². The molecule has 2 aliphatic carbocycles. The maximum atomic E-state index is 13.5. The zero-order valence-corrected chi connectivity index (χ0v) is 21.7. The summed E-state index contributed by atoms with van der Waals surface area (Å²) in [7, 11) is 0.